The molecule has 0 aromatic heterocycles. The maximum Gasteiger partial charge on any atom is 0.119 e. The Labute approximate surface area is 129 Å². The Morgan fingerprint density at radius 1 is 1.10 bits per heavy atom. The fourth-order valence-corrected chi connectivity index (χ4v) is 2.97. The van der Waals surface area contributed by atoms with Gasteiger partial charge in [-0.05, 0) is 37.0 Å². The van der Waals surface area contributed by atoms with E-state index in [1.165, 1.54) is 5.56 Å². The van der Waals surface area contributed by atoms with E-state index < -0.39 is 0 Å². The lowest BCUT2D eigenvalue weighted by Crippen LogP contribution is -2.54. The zero-order valence-corrected chi connectivity index (χ0v) is 14.1. The van der Waals surface area contributed by atoms with Crippen LogP contribution in [0.1, 0.15) is 40.2 Å². The minimum atomic E-state index is 0.200. The number of nitrogens with one attached hydrogen (secondary N) is 1. The topological polar surface area (TPSA) is 24.5 Å². The summed E-state index contributed by atoms with van der Waals surface area (Å²) in [5.74, 6) is 0.972. The highest BCUT2D eigenvalue weighted by Crippen LogP contribution is 2.24. The second-order valence-corrected chi connectivity index (χ2v) is 7.35. The van der Waals surface area contributed by atoms with Crippen molar-refractivity contribution in [3.05, 3.63) is 29.8 Å². The first-order valence-electron chi connectivity index (χ1n) is 8.06. The van der Waals surface area contributed by atoms with Crippen LogP contribution < -0.4 is 10.1 Å². The summed E-state index contributed by atoms with van der Waals surface area (Å²) >= 11 is 0. The summed E-state index contributed by atoms with van der Waals surface area (Å²) in [5, 5.41) is 3.56. The van der Waals surface area contributed by atoms with Crippen LogP contribution in [0.3, 0.4) is 0 Å². The van der Waals surface area contributed by atoms with Crippen molar-refractivity contribution in [1.82, 2.24) is 10.2 Å². The number of ether oxygens (including phenoxy) is 1. The predicted octanol–water partition coefficient (Wildman–Crippen LogP) is 3.05. The number of rotatable bonds is 4. The van der Waals surface area contributed by atoms with Crippen LogP contribution in [0.4, 0.5) is 0 Å². The monoisotopic (exact) mass is 290 g/mol. The minimum absolute atomic E-state index is 0.200. The van der Waals surface area contributed by atoms with Crippen molar-refractivity contribution >= 4 is 0 Å². The SMILES string of the molecule is CC1CN(CCOc2ccc(C(C)(C)C)cc2)CC(C)N1. The summed E-state index contributed by atoms with van der Waals surface area (Å²) in [6.07, 6.45) is 0. The van der Waals surface area contributed by atoms with Crippen LogP contribution >= 0.6 is 0 Å². The van der Waals surface area contributed by atoms with Gasteiger partial charge in [0.05, 0.1) is 0 Å². The normalized spacial score (nSPS) is 24.0. The predicted molar refractivity (Wildman–Crippen MR) is 89.1 cm³/mol. The number of piperazine rings is 1. The van der Waals surface area contributed by atoms with E-state index >= 15 is 0 Å². The molecule has 0 amide bonds. The van der Waals surface area contributed by atoms with Crippen molar-refractivity contribution in [2.75, 3.05) is 26.2 Å². The van der Waals surface area contributed by atoms with E-state index in [1.54, 1.807) is 0 Å². The van der Waals surface area contributed by atoms with Crippen LogP contribution in [0.25, 0.3) is 0 Å². The fourth-order valence-electron chi connectivity index (χ4n) is 2.97. The molecule has 1 aromatic carbocycles. The Morgan fingerprint density at radius 3 is 2.19 bits per heavy atom. The van der Waals surface area contributed by atoms with Gasteiger partial charge >= 0.3 is 0 Å². The molecule has 1 saturated heterocycles. The molecule has 1 fully saturated rings. The summed E-state index contributed by atoms with van der Waals surface area (Å²) in [6, 6.07) is 9.65. The molecule has 118 valence electrons. The number of hydrogen-bond donors (Lipinski definition) is 1. The number of benzene rings is 1. The molecule has 3 heteroatoms. The third kappa shape index (κ3) is 5.01. The molecular formula is C18H30N2O. The van der Waals surface area contributed by atoms with Gasteiger partial charge in [0.25, 0.3) is 0 Å². The van der Waals surface area contributed by atoms with Crippen molar-refractivity contribution in [3.8, 4) is 5.75 Å². The van der Waals surface area contributed by atoms with Gasteiger partial charge in [-0.2, -0.15) is 0 Å². The van der Waals surface area contributed by atoms with Crippen LogP contribution in [-0.4, -0.2) is 43.2 Å². The third-order valence-electron chi connectivity index (χ3n) is 4.03. The average molecular weight is 290 g/mol. The Balaban J connectivity index is 1.78. The first kappa shape index (κ1) is 16.3. The van der Waals surface area contributed by atoms with E-state index in [4.69, 9.17) is 4.74 Å². The lowest BCUT2D eigenvalue weighted by Gasteiger charge is -2.35. The van der Waals surface area contributed by atoms with Gasteiger partial charge in [0.2, 0.25) is 0 Å². The molecule has 0 aliphatic carbocycles. The molecule has 0 radical (unpaired) electrons. The van der Waals surface area contributed by atoms with Crippen molar-refractivity contribution in [2.45, 2.75) is 52.1 Å². The average Bonchev–Trinajstić information content (AvgIpc) is 2.37. The van der Waals surface area contributed by atoms with Gasteiger partial charge in [0, 0.05) is 31.7 Å². The first-order chi connectivity index (χ1) is 9.84. The van der Waals surface area contributed by atoms with Crippen molar-refractivity contribution in [2.24, 2.45) is 0 Å². The molecule has 1 heterocycles. The summed E-state index contributed by atoms with van der Waals surface area (Å²) < 4.78 is 5.88. The number of hydrogen-bond acceptors (Lipinski definition) is 3. The lowest BCUT2D eigenvalue weighted by molar-refractivity contribution is 0.146. The molecule has 1 N–H and O–H groups in total. The van der Waals surface area contributed by atoms with Gasteiger partial charge in [0.1, 0.15) is 12.4 Å². The van der Waals surface area contributed by atoms with Crippen molar-refractivity contribution in [1.29, 1.82) is 0 Å². The van der Waals surface area contributed by atoms with Gasteiger partial charge in [-0.15, -0.1) is 0 Å². The molecule has 1 aliphatic rings. The summed E-state index contributed by atoms with van der Waals surface area (Å²) in [4.78, 5) is 2.48. The minimum Gasteiger partial charge on any atom is -0.492 e. The quantitative estimate of drug-likeness (QED) is 0.922. The van der Waals surface area contributed by atoms with Crippen molar-refractivity contribution in [3.63, 3.8) is 0 Å². The highest BCUT2D eigenvalue weighted by Gasteiger charge is 2.20. The van der Waals surface area contributed by atoms with E-state index in [2.05, 4.69) is 69.1 Å². The van der Waals surface area contributed by atoms with E-state index in [0.717, 1.165) is 32.0 Å². The van der Waals surface area contributed by atoms with Crippen LogP contribution in [0, 0.1) is 0 Å². The Morgan fingerprint density at radius 2 is 1.67 bits per heavy atom. The first-order valence-corrected chi connectivity index (χ1v) is 8.06. The van der Waals surface area contributed by atoms with Crippen molar-refractivity contribution < 1.29 is 4.74 Å². The number of nitrogens with zero attached hydrogens (tertiary/aromatic N) is 1. The Hall–Kier alpha value is -1.06. The zero-order chi connectivity index (χ0) is 15.5. The van der Waals surface area contributed by atoms with Gasteiger partial charge in [-0.1, -0.05) is 32.9 Å². The highest BCUT2D eigenvalue weighted by molar-refractivity contribution is 5.31. The van der Waals surface area contributed by atoms with Crippen LogP contribution in [0.2, 0.25) is 0 Å². The second-order valence-electron chi connectivity index (χ2n) is 7.35. The molecule has 0 bridgehead atoms. The van der Waals surface area contributed by atoms with Gasteiger partial charge in [0.15, 0.2) is 0 Å². The lowest BCUT2D eigenvalue weighted by atomic mass is 9.87. The van der Waals surface area contributed by atoms with Gasteiger partial charge in [-0.3, -0.25) is 4.90 Å². The van der Waals surface area contributed by atoms with E-state index in [1.807, 2.05) is 0 Å². The van der Waals surface area contributed by atoms with Crippen LogP contribution in [-0.2, 0) is 5.41 Å². The van der Waals surface area contributed by atoms with Crippen LogP contribution in [0.15, 0.2) is 24.3 Å². The Kier molecular flexibility index (Phi) is 5.28. The molecule has 21 heavy (non-hydrogen) atoms. The molecular weight excluding hydrogens is 260 g/mol. The molecule has 2 atom stereocenters. The maximum absolute atomic E-state index is 5.88. The van der Waals surface area contributed by atoms with Gasteiger partial charge in [-0.25, -0.2) is 0 Å². The maximum atomic E-state index is 5.88. The standard InChI is InChI=1S/C18H30N2O/c1-14-12-20(13-15(2)19-14)10-11-21-17-8-6-16(7-9-17)18(3,4)5/h6-9,14-15,19H,10-13H2,1-5H3. The van der Waals surface area contributed by atoms with E-state index in [0.29, 0.717) is 12.1 Å². The van der Waals surface area contributed by atoms with Gasteiger partial charge < -0.3 is 10.1 Å². The fraction of sp³-hybridized carbons (Fsp3) is 0.667. The largest absolute Gasteiger partial charge is 0.492 e. The molecule has 0 spiro atoms. The molecule has 1 aliphatic heterocycles. The molecule has 2 unspecified atom stereocenters. The molecule has 1 aromatic rings. The zero-order valence-electron chi connectivity index (χ0n) is 14.1. The van der Waals surface area contributed by atoms with Crippen LogP contribution in [0.5, 0.6) is 5.75 Å². The summed E-state index contributed by atoms with van der Waals surface area (Å²) in [7, 11) is 0. The third-order valence-corrected chi connectivity index (χ3v) is 4.03. The second kappa shape index (κ2) is 6.80. The smallest absolute Gasteiger partial charge is 0.119 e. The summed E-state index contributed by atoms with van der Waals surface area (Å²) in [6.45, 7) is 15.2. The highest BCUT2D eigenvalue weighted by atomic mass is 16.5. The molecule has 2 rings (SSSR count). The van der Waals surface area contributed by atoms with E-state index in [-0.39, 0.29) is 5.41 Å². The summed E-state index contributed by atoms with van der Waals surface area (Å²) in [5.41, 5.74) is 1.55. The molecule has 3 nitrogen and oxygen atoms in total. The Bertz CT molecular complexity index is 426. The van der Waals surface area contributed by atoms with E-state index in [9.17, 15) is 0 Å². The molecule has 0 saturated carbocycles.